The Hall–Kier alpha value is -1.45. The van der Waals surface area contributed by atoms with E-state index >= 15 is 0 Å². The number of hydrogen-bond acceptors (Lipinski definition) is 3. The first-order valence-corrected chi connectivity index (χ1v) is 10.8. The smallest absolute Gasteiger partial charge is 0.252 e. The highest BCUT2D eigenvalue weighted by molar-refractivity contribution is 14.1. The van der Waals surface area contributed by atoms with Crippen LogP contribution >= 0.6 is 22.6 Å². The number of carbonyl (C=O) groups is 1. The molecule has 0 heterocycles. The highest BCUT2D eigenvalue weighted by atomic mass is 127. The van der Waals surface area contributed by atoms with Crippen molar-refractivity contribution in [3.8, 4) is 0 Å². The second kappa shape index (κ2) is 8.96. The van der Waals surface area contributed by atoms with Crippen molar-refractivity contribution in [1.29, 1.82) is 0 Å². The van der Waals surface area contributed by atoms with Gasteiger partial charge in [-0.15, -0.1) is 0 Å². The molecule has 0 aliphatic carbocycles. The molecule has 0 aliphatic heterocycles. The van der Waals surface area contributed by atoms with Gasteiger partial charge in [-0.2, -0.15) is 0 Å². The summed E-state index contributed by atoms with van der Waals surface area (Å²) in [5.74, 6) is 0.0708. The molecule has 0 aliphatic rings. The lowest BCUT2D eigenvalue weighted by atomic mass is 9.98. The summed E-state index contributed by atoms with van der Waals surface area (Å²) in [6, 6.07) is 14.7. The van der Waals surface area contributed by atoms with E-state index in [1.54, 1.807) is 6.07 Å². The summed E-state index contributed by atoms with van der Waals surface area (Å²) in [7, 11) is -0.629. The topological polar surface area (TPSA) is 66.5 Å². The minimum absolute atomic E-state index is 0.116. The van der Waals surface area contributed by atoms with Crippen molar-refractivity contribution in [2.24, 2.45) is 0 Å². The molecule has 0 saturated carbocycles. The van der Waals surface area contributed by atoms with E-state index in [-0.39, 0.29) is 10.8 Å². The maximum Gasteiger partial charge on any atom is 0.252 e. The lowest BCUT2D eigenvalue weighted by Crippen LogP contribution is -2.27. The SMILES string of the molecule is CC(CCNC(=O)c1cc(S(=O)(=O)N(C)C)ccc1I)c1ccccc1. The quantitative estimate of drug-likeness (QED) is 0.610. The Balaban J connectivity index is 2.05. The minimum atomic E-state index is -3.57. The zero-order chi connectivity index (χ0) is 19.3. The van der Waals surface area contributed by atoms with Crippen molar-refractivity contribution in [3.05, 3.63) is 63.2 Å². The first-order chi connectivity index (χ1) is 12.2. The van der Waals surface area contributed by atoms with Crippen LogP contribution in [-0.2, 0) is 10.0 Å². The normalized spacial score (nSPS) is 12.8. The van der Waals surface area contributed by atoms with Crippen molar-refractivity contribution < 1.29 is 13.2 Å². The van der Waals surface area contributed by atoms with E-state index in [1.807, 2.05) is 40.8 Å². The zero-order valence-electron chi connectivity index (χ0n) is 15.1. The molecule has 5 nitrogen and oxygen atoms in total. The molecule has 0 saturated heterocycles. The van der Waals surface area contributed by atoms with Crippen molar-refractivity contribution in [2.75, 3.05) is 20.6 Å². The molecule has 1 amide bonds. The number of sulfonamides is 1. The van der Waals surface area contributed by atoms with Crippen LogP contribution in [0.15, 0.2) is 53.4 Å². The molecule has 0 aromatic heterocycles. The summed E-state index contributed by atoms with van der Waals surface area (Å²) in [5, 5.41) is 2.90. The van der Waals surface area contributed by atoms with Gasteiger partial charge in [-0.05, 0) is 58.7 Å². The van der Waals surface area contributed by atoms with E-state index < -0.39 is 10.0 Å². The Morgan fingerprint density at radius 3 is 2.42 bits per heavy atom. The lowest BCUT2D eigenvalue weighted by Gasteiger charge is -2.15. The average molecular weight is 486 g/mol. The fourth-order valence-corrected chi connectivity index (χ4v) is 4.00. The van der Waals surface area contributed by atoms with Crippen molar-refractivity contribution in [3.63, 3.8) is 0 Å². The fraction of sp³-hybridized carbons (Fsp3) is 0.316. The molecule has 140 valence electrons. The average Bonchev–Trinajstić information content (AvgIpc) is 2.62. The monoisotopic (exact) mass is 486 g/mol. The Labute approximate surface area is 169 Å². The Morgan fingerprint density at radius 2 is 1.81 bits per heavy atom. The Morgan fingerprint density at radius 1 is 1.15 bits per heavy atom. The molecule has 2 aromatic carbocycles. The van der Waals surface area contributed by atoms with Crippen LogP contribution in [0.2, 0.25) is 0 Å². The molecule has 2 aromatic rings. The zero-order valence-corrected chi connectivity index (χ0v) is 18.0. The molecule has 0 bridgehead atoms. The number of benzene rings is 2. The van der Waals surface area contributed by atoms with E-state index in [1.165, 1.54) is 31.8 Å². The van der Waals surface area contributed by atoms with Crippen LogP contribution in [0.3, 0.4) is 0 Å². The predicted molar refractivity (Wildman–Crippen MR) is 112 cm³/mol. The van der Waals surface area contributed by atoms with Crippen LogP contribution in [0.5, 0.6) is 0 Å². The van der Waals surface area contributed by atoms with Crippen LogP contribution in [0.4, 0.5) is 0 Å². The van der Waals surface area contributed by atoms with Gasteiger partial charge in [-0.1, -0.05) is 37.3 Å². The van der Waals surface area contributed by atoms with Crippen LogP contribution in [0.25, 0.3) is 0 Å². The standard InChI is InChI=1S/C19H23IN2O3S/c1-14(15-7-5-4-6-8-15)11-12-21-19(23)17-13-16(9-10-18(17)20)26(24,25)22(2)3/h4-10,13-14H,11-12H2,1-3H3,(H,21,23). The van der Waals surface area contributed by atoms with Gasteiger partial charge in [0.2, 0.25) is 10.0 Å². The largest absolute Gasteiger partial charge is 0.352 e. The Kier molecular flexibility index (Phi) is 7.19. The summed E-state index contributed by atoms with van der Waals surface area (Å²) < 4.78 is 26.4. The van der Waals surface area contributed by atoms with Crippen LogP contribution in [-0.4, -0.2) is 39.3 Å². The van der Waals surface area contributed by atoms with Gasteiger partial charge in [-0.3, -0.25) is 4.79 Å². The van der Waals surface area contributed by atoms with Gasteiger partial charge in [0.25, 0.3) is 5.91 Å². The molecular weight excluding hydrogens is 463 g/mol. The van der Waals surface area contributed by atoms with Crippen molar-refractivity contribution >= 4 is 38.5 Å². The third-order valence-electron chi connectivity index (χ3n) is 4.19. The molecule has 1 unspecified atom stereocenters. The number of nitrogens with one attached hydrogen (secondary N) is 1. The number of halogens is 1. The maximum atomic E-state index is 12.5. The summed E-state index contributed by atoms with van der Waals surface area (Å²) in [6.45, 7) is 2.64. The minimum Gasteiger partial charge on any atom is -0.352 e. The summed E-state index contributed by atoms with van der Waals surface area (Å²) in [5.41, 5.74) is 1.61. The van der Waals surface area contributed by atoms with Crippen LogP contribution in [0.1, 0.15) is 35.2 Å². The molecule has 0 fully saturated rings. The van der Waals surface area contributed by atoms with E-state index in [0.29, 0.717) is 21.6 Å². The number of carbonyl (C=O) groups excluding carboxylic acids is 1. The number of rotatable bonds is 7. The second-order valence-electron chi connectivity index (χ2n) is 6.29. The molecule has 26 heavy (non-hydrogen) atoms. The van der Waals surface area contributed by atoms with Crippen molar-refractivity contribution in [2.45, 2.75) is 24.2 Å². The maximum absolute atomic E-state index is 12.5. The number of nitrogens with zero attached hydrogens (tertiary/aromatic N) is 1. The van der Waals surface area contributed by atoms with E-state index in [9.17, 15) is 13.2 Å². The first kappa shape index (κ1) is 20.9. The Bertz CT molecular complexity index is 868. The molecule has 7 heteroatoms. The molecular formula is C19H23IN2O3S. The number of amides is 1. The third-order valence-corrected chi connectivity index (χ3v) is 6.94. The predicted octanol–water partition coefficient (Wildman–Crippen LogP) is 3.47. The van der Waals surface area contributed by atoms with Gasteiger partial charge in [0.15, 0.2) is 0 Å². The van der Waals surface area contributed by atoms with Gasteiger partial charge >= 0.3 is 0 Å². The van der Waals surface area contributed by atoms with Gasteiger partial charge in [0.05, 0.1) is 10.5 Å². The fourth-order valence-electron chi connectivity index (χ4n) is 2.50. The molecule has 0 radical (unpaired) electrons. The number of hydrogen-bond donors (Lipinski definition) is 1. The van der Waals surface area contributed by atoms with Gasteiger partial charge in [0.1, 0.15) is 0 Å². The van der Waals surface area contributed by atoms with E-state index in [2.05, 4.69) is 24.4 Å². The first-order valence-electron chi connectivity index (χ1n) is 8.28. The third kappa shape index (κ3) is 5.05. The van der Waals surface area contributed by atoms with Gasteiger partial charge in [-0.25, -0.2) is 12.7 Å². The lowest BCUT2D eigenvalue weighted by molar-refractivity contribution is 0.0951. The summed E-state index contributed by atoms with van der Waals surface area (Å²) in [6.07, 6.45) is 0.808. The summed E-state index contributed by atoms with van der Waals surface area (Å²) >= 11 is 2.04. The summed E-state index contributed by atoms with van der Waals surface area (Å²) in [4.78, 5) is 12.6. The highest BCUT2D eigenvalue weighted by Crippen LogP contribution is 2.21. The van der Waals surface area contributed by atoms with Crippen LogP contribution in [0, 0.1) is 3.57 Å². The van der Waals surface area contributed by atoms with Gasteiger partial charge < -0.3 is 5.32 Å². The van der Waals surface area contributed by atoms with Crippen LogP contribution < -0.4 is 5.32 Å². The molecule has 1 N–H and O–H groups in total. The second-order valence-corrected chi connectivity index (χ2v) is 9.60. The molecule has 1 atom stereocenters. The molecule has 2 rings (SSSR count). The highest BCUT2D eigenvalue weighted by Gasteiger charge is 2.20. The van der Waals surface area contributed by atoms with Gasteiger partial charge in [0, 0.05) is 24.2 Å². The van der Waals surface area contributed by atoms with E-state index in [4.69, 9.17) is 0 Å². The van der Waals surface area contributed by atoms with Crippen molar-refractivity contribution in [1.82, 2.24) is 9.62 Å². The molecule has 0 spiro atoms. The van der Waals surface area contributed by atoms with E-state index in [0.717, 1.165) is 10.7 Å².